The van der Waals surface area contributed by atoms with Gasteiger partial charge in [-0.05, 0) is 49.6 Å². The van der Waals surface area contributed by atoms with Crippen LogP contribution in [0, 0.1) is 17.3 Å². The smallest absolute Gasteiger partial charge is 0.00125 e. The summed E-state index contributed by atoms with van der Waals surface area (Å²) in [6, 6.07) is 0. The van der Waals surface area contributed by atoms with E-state index < -0.39 is 0 Å². The first-order valence-electron chi connectivity index (χ1n) is 8.03. The van der Waals surface area contributed by atoms with Crippen molar-refractivity contribution in [2.75, 3.05) is 13.1 Å². The Morgan fingerprint density at radius 1 is 1.06 bits per heavy atom. The summed E-state index contributed by atoms with van der Waals surface area (Å²) in [5, 5.41) is 3.68. The summed E-state index contributed by atoms with van der Waals surface area (Å²) in [6.45, 7) is 7.34. The second kappa shape index (κ2) is 6.22. The lowest BCUT2D eigenvalue weighted by Gasteiger charge is -2.48. The molecule has 1 unspecified atom stereocenters. The maximum Gasteiger partial charge on any atom is -0.00125 e. The first-order chi connectivity index (χ1) is 8.32. The van der Waals surface area contributed by atoms with Gasteiger partial charge in [0.25, 0.3) is 0 Å². The Balaban J connectivity index is 2.11. The third-order valence-corrected chi connectivity index (χ3v) is 5.42. The van der Waals surface area contributed by atoms with Crippen LogP contribution in [-0.2, 0) is 0 Å². The zero-order valence-corrected chi connectivity index (χ0v) is 11.9. The summed E-state index contributed by atoms with van der Waals surface area (Å²) < 4.78 is 0. The Kier molecular flexibility index (Phi) is 4.90. The van der Waals surface area contributed by atoms with E-state index in [1.54, 1.807) is 0 Å². The van der Waals surface area contributed by atoms with E-state index in [1.165, 1.54) is 70.9 Å². The standard InChI is InChI=1S/C16H31N/c1-3-9-16(10-4-2)11-12-17-13-15(16)14-7-5-6-8-14/h14-15,17H,3-13H2,1-2H3. The van der Waals surface area contributed by atoms with Crippen molar-refractivity contribution in [2.45, 2.75) is 71.6 Å². The lowest BCUT2D eigenvalue weighted by molar-refractivity contribution is 0.0404. The Labute approximate surface area is 108 Å². The summed E-state index contributed by atoms with van der Waals surface area (Å²) in [5.41, 5.74) is 0.698. The van der Waals surface area contributed by atoms with Gasteiger partial charge in [0, 0.05) is 0 Å². The van der Waals surface area contributed by atoms with Gasteiger partial charge in [-0.3, -0.25) is 0 Å². The molecular formula is C16H31N. The highest BCUT2D eigenvalue weighted by atomic mass is 14.9. The van der Waals surface area contributed by atoms with E-state index in [4.69, 9.17) is 0 Å². The molecule has 1 N–H and O–H groups in total. The number of piperidine rings is 1. The summed E-state index contributed by atoms with van der Waals surface area (Å²) in [4.78, 5) is 0. The van der Waals surface area contributed by atoms with Gasteiger partial charge in [0.05, 0.1) is 0 Å². The van der Waals surface area contributed by atoms with Gasteiger partial charge in [0.1, 0.15) is 0 Å². The second-order valence-corrected chi connectivity index (χ2v) is 6.47. The van der Waals surface area contributed by atoms with E-state index >= 15 is 0 Å². The van der Waals surface area contributed by atoms with Gasteiger partial charge >= 0.3 is 0 Å². The molecule has 2 aliphatic rings. The Hall–Kier alpha value is -0.0400. The van der Waals surface area contributed by atoms with Crippen LogP contribution in [0.4, 0.5) is 0 Å². The monoisotopic (exact) mass is 237 g/mol. The normalized spacial score (nSPS) is 29.6. The molecule has 1 saturated carbocycles. The molecule has 1 saturated heterocycles. The number of nitrogens with one attached hydrogen (secondary N) is 1. The third kappa shape index (κ3) is 2.86. The molecule has 0 aromatic carbocycles. The minimum Gasteiger partial charge on any atom is -0.316 e. The first-order valence-corrected chi connectivity index (χ1v) is 8.03. The van der Waals surface area contributed by atoms with Crippen molar-refractivity contribution in [3.05, 3.63) is 0 Å². The summed E-state index contributed by atoms with van der Waals surface area (Å²) in [5.74, 6) is 2.03. The van der Waals surface area contributed by atoms with Gasteiger partial charge in [-0.25, -0.2) is 0 Å². The van der Waals surface area contributed by atoms with E-state index in [1.807, 2.05) is 0 Å². The lowest BCUT2D eigenvalue weighted by atomic mass is 9.61. The number of rotatable bonds is 5. The fourth-order valence-electron chi connectivity index (χ4n) is 4.76. The van der Waals surface area contributed by atoms with E-state index in [2.05, 4.69) is 19.2 Å². The van der Waals surface area contributed by atoms with Crippen LogP contribution in [0.2, 0.25) is 0 Å². The fraction of sp³-hybridized carbons (Fsp3) is 1.00. The average molecular weight is 237 g/mol. The van der Waals surface area contributed by atoms with Crippen LogP contribution in [0.15, 0.2) is 0 Å². The van der Waals surface area contributed by atoms with Crippen molar-refractivity contribution in [2.24, 2.45) is 17.3 Å². The van der Waals surface area contributed by atoms with Gasteiger partial charge in [0.2, 0.25) is 0 Å². The fourth-order valence-corrected chi connectivity index (χ4v) is 4.76. The molecule has 2 fully saturated rings. The van der Waals surface area contributed by atoms with Crippen LogP contribution < -0.4 is 5.32 Å². The van der Waals surface area contributed by atoms with Crippen LogP contribution in [0.25, 0.3) is 0 Å². The predicted molar refractivity (Wildman–Crippen MR) is 75.2 cm³/mol. The van der Waals surface area contributed by atoms with Crippen molar-refractivity contribution in [1.82, 2.24) is 5.32 Å². The van der Waals surface area contributed by atoms with Crippen LogP contribution >= 0.6 is 0 Å². The van der Waals surface area contributed by atoms with Crippen LogP contribution in [0.3, 0.4) is 0 Å². The van der Waals surface area contributed by atoms with Crippen molar-refractivity contribution < 1.29 is 0 Å². The highest BCUT2D eigenvalue weighted by Gasteiger charge is 2.43. The van der Waals surface area contributed by atoms with Gasteiger partial charge in [-0.2, -0.15) is 0 Å². The molecule has 100 valence electrons. The molecule has 0 aromatic rings. The maximum atomic E-state index is 3.68. The third-order valence-electron chi connectivity index (χ3n) is 5.42. The summed E-state index contributed by atoms with van der Waals surface area (Å²) in [7, 11) is 0. The predicted octanol–water partition coefficient (Wildman–Crippen LogP) is 4.37. The zero-order chi connectivity index (χ0) is 12.1. The highest BCUT2D eigenvalue weighted by molar-refractivity contribution is 4.95. The van der Waals surface area contributed by atoms with Crippen LogP contribution in [0.5, 0.6) is 0 Å². The highest BCUT2D eigenvalue weighted by Crippen LogP contribution is 2.49. The van der Waals surface area contributed by atoms with Crippen molar-refractivity contribution >= 4 is 0 Å². The molecule has 1 heterocycles. The average Bonchev–Trinajstić information content (AvgIpc) is 2.84. The second-order valence-electron chi connectivity index (χ2n) is 6.47. The zero-order valence-electron chi connectivity index (χ0n) is 11.9. The Bertz CT molecular complexity index is 206. The van der Waals surface area contributed by atoms with Gasteiger partial charge in [-0.15, -0.1) is 0 Å². The molecule has 0 aromatic heterocycles. The van der Waals surface area contributed by atoms with Crippen molar-refractivity contribution in [3.63, 3.8) is 0 Å². The maximum absolute atomic E-state index is 3.68. The van der Waals surface area contributed by atoms with Crippen molar-refractivity contribution in [3.8, 4) is 0 Å². The molecule has 1 atom stereocenters. The molecule has 0 radical (unpaired) electrons. The summed E-state index contributed by atoms with van der Waals surface area (Å²) >= 11 is 0. The lowest BCUT2D eigenvalue weighted by Crippen LogP contribution is -2.48. The molecule has 1 aliphatic carbocycles. The molecular weight excluding hydrogens is 206 g/mol. The van der Waals surface area contributed by atoms with Crippen molar-refractivity contribution in [1.29, 1.82) is 0 Å². The number of hydrogen-bond donors (Lipinski definition) is 1. The largest absolute Gasteiger partial charge is 0.316 e. The molecule has 2 rings (SSSR count). The Morgan fingerprint density at radius 2 is 1.71 bits per heavy atom. The van der Waals surface area contributed by atoms with Gasteiger partial charge in [0.15, 0.2) is 0 Å². The topological polar surface area (TPSA) is 12.0 Å². The SMILES string of the molecule is CCCC1(CCC)CCNCC1C1CCCC1. The minimum absolute atomic E-state index is 0.698. The van der Waals surface area contributed by atoms with E-state index in [-0.39, 0.29) is 0 Å². The molecule has 1 heteroatoms. The van der Waals surface area contributed by atoms with Crippen LogP contribution in [0.1, 0.15) is 71.6 Å². The molecule has 0 bridgehead atoms. The number of hydrogen-bond acceptors (Lipinski definition) is 1. The van der Waals surface area contributed by atoms with E-state index in [9.17, 15) is 0 Å². The summed E-state index contributed by atoms with van der Waals surface area (Å²) in [6.07, 6.45) is 13.2. The van der Waals surface area contributed by atoms with E-state index in [0.29, 0.717) is 5.41 Å². The van der Waals surface area contributed by atoms with Gasteiger partial charge < -0.3 is 5.32 Å². The molecule has 0 spiro atoms. The molecule has 1 aliphatic heterocycles. The first kappa shape index (κ1) is 13.4. The molecule has 17 heavy (non-hydrogen) atoms. The van der Waals surface area contributed by atoms with Crippen LogP contribution in [-0.4, -0.2) is 13.1 Å². The molecule has 0 amide bonds. The van der Waals surface area contributed by atoms with E-state index in [0.717, 1.165) is 11.8 Å². The quantitative estimate of drug-likeness (QED) is 0.748. The van der Waals surface area contributed by atoms with Gasteiger partial charge in [-0.1, -0.05) is 52.4 Å². The minimum atomic E-state index is 0.698. The Morgan fingerprint density at radius 3 is 2.29 bits per heavy atom. The molecule has 1 nitrogen and oxygen atoms in total.